The zero-order valence-corrected chi connectivity index (χ0v) is 17.7. The largest absolute Gasteiger partial charge is 0.408 e. The van der Waals surface area contributed by atoms with Crippen molar-refractivity contribution in [2.24, 2.45) is 16.1 Å². The van der Waals surface area contributed by atoms with E-state index in [0.717, 1.165) is 0 Å². The molecule has 0 aliphatic carbocycles. The summed E-state index contributed by atoms with van der Waals surface area (Å²) in [5.74, 6) is 0. The number of hydrogen-bond acceptors (Lipinski definition) is 8. The summed E-state index contributed by atoms with van der Waals surface area (Å²) in [6.07, 6.45) is -9.60. The summed E-state index contributed by atoms with van der Waals surface area (Å²) in [4.78, 5) is 6.51. The molecule has 18 heteroatoms. The first-order valence-corrected chi connectivity index (χ1v) is 11.4. The van der Waals surface area contributed by atoms with E-state index >= 15 is 0 Å². The van der Waals surface area contributed by atoms with Crippen molar-refractivity contribution < 1.29 is 47.7 Å². The zero-order chi connectivity index (χ0) is 25.4. The van der Waals surface area contributed by atoms with Crippen molar-refractivity contribution in [3.8, 4) is 6.07 Å². The fourth-order valence-corrected chi connectivity index (χ4v) is 3.72. The average molecular weight is 531 g/mol. The highest BCUT2D eigenvalue weighted by Crippen LogP contribution is 2.55. The van der Waals surface area contributed by atoms with Gasteiger partial charge in [-0.3, -0.25) is 14.5 Å². The molecule has 1 unspecified atom stereocenters. The number of pyridine rings is 1. The van der Waals surface area contributed by atoms with Crippen molar-refractivity contribution in [3.05, 3.63) is 36.8 Å². The molecule has 1 aromatic rings. The van der Waals surface area contributed by atoms with E-state index in [2.05, 4.69) is 15.7 Å². The molecule has 3 N–H and O–H groups in total. The van der Waals surface area contributed by atoms with Crippen LogP contribution in [0, 0.1) is 16.7 Å². The molecule has 180 valence electrons. The van der Waals surface area contributed by atoms with E-state index in [0.29, 0.717) is 0 Å². The molecule has 0 bridgehead atoms. The molecule has 32 heavy (non-hydrogen) atoms. The van der Waals surface area contributed by atoms with Gasteiger partial charge in [0, 0.05) is 35.5 Å². The van der Waals surface area contributed by atoms with Crippen LogP contribution in [0.3, 0.4) is 0 Å². The van der Waals surface area contributed by atoms with Crippen molar-refractivity contribution >= 4 is 36.1 Å². The number of aromatic nitrogens is 1. The van der Waals surface area contributed by atoms with Crippen molar-refractivity contribution in [3.63, 3.8) is 0 Å². The monoisotopic (exact) mass is 530 g/mol. The lowest BCUT2D eigenvalue weighted by atomic mass is 9.81. The van der Waals surface area contributed by atoms with Crippen LogP contribution < -0.4 is 5.73 Å². The molecule has 0 saturated carbocycles. The van der Waals surface area contributed by atoms with Crippen molar-refractivity contribution in [1.82, 2.24) is 4.98 Å². The summed E-state index contributed by atoms with van der Waals surface area (Å²) in [7, 11) is -4.24. The minimum absolute atomic E-state index is 0.0247. The molecule has 0 spiro atoms. The first-order chi connectivity index (χ1) is 14.4. The van der Waals surface area contributed by atoms with Crippen LogP contribution in [0.1, 0.15) is 0 Å². The first kappa shape index (κ1) is 29.7. The van der Waals surface area contributed by atoms with E-state index in [1.807, 2.05) is 0 Å². The summed E-state index contributed by atoms with van der Waals surface area (Å²) in [5, 5.41) is 4.23. The molecule has 0 aromatic carbocycles. The number of allylic oxidation sites excluding steroid dienone is 1. The smallest absolute Gasteiger partial charge is 0.318 e. The molecule has 0 fully saturated rings. The second-order valence-electron chi connectivity index (χ2n) is 5.40. The van der Waals surface area contributed by atoms with Crippen LogP contribution in [0.4, 0.5) is 26.3 Å². The maximum atomic E-state index is 12.7. The number of hydrogen-bond donors (Lipinski definition) is 2. The van der Waals surface area contributed by atoms with Gasteiger partial charge in [-0.25, -0.2) is 8.42 Å². The number of nitrogens with zero attached hydrogens (tertiary/aromatic N) is 3. The van der Waals surface area contributed by atoms with Gasteiger partial charge in [-0.05, 0) is 18.2 Å². The summed E-state index contributed by atoms with van der Waals surface area (Å²) >= 11 is 0. The fourth-order valence-electron chi connectivity index (χ4n) is 1.98. The third-order valence-corrected chi connectivity index (χ3v) is 5.83. The van der Waals surface area contributed by atoms with Crippen molar-refractivity contribution in [2.45, 2.75) is 22.5 Å². The fraction of sp³-hybridized carbons (Fsp3) is 0.357. The van der Waals surface area contributed by atoms with Crippen LogP contribution >= 0.6 is 10.7 Å². The molecule has 0 radical (unpaired) electrons. The van der Waals surface area contributed by atoms with Gasteiger partial charge in [-0.2, -0.15) is 40.0 Å². The van der Waals surface area contributed by atoms with Gasteiger partial charge in [-0.15, -0.1) is 0 Å². The Hall–Kier alpha value is -2.26. The number of nitriles is 1. The lowest BCUT2D eigenvalue weighted by Crippen LogP contribution is -2.59. The molecule has 0 saturated heterocycles. The highest BCUT2D eigenvalue weighted by molar-refractivity contribution is 8.13. The first-order valence-electron chi connectivity index (χ1n) is 7.58. The van der Waals surface area contributed by atoms with Crippen LogP contribution in [0.5, 0.6) is 0 Å². The average Bonchev–Trinajstić information content (AvgIpc) is 2.66. The summed E-state index contributed by atoms with van der Waals surface area (Å²) < 4.78 is 127. The molecule has 2 rings (SSSR count). The minimum atomic E-state index is -5.96. The summed E-state index contributed by atoms with van der Waals surface area (Å²) in [5.41, 5.74) is -0.0463. The van der Waals surface area contributed by atoms with Gasteiger partial charge in [0.15, 0.2) is 0 Å². The van der Waals surface area contributed by atoms with Gasteiger partial charge in [-0.1, -0.05) is 0 Å². The Morgan fingerprint density at radius 2 is 1.69 bits per heavy atom. The van der Waals surface area contributed by atoms with Crippen LogP contribution in [0.15, 0.2) is 46.7 Å². The van der Waals surface area contributed by atoms with Crippen molar-refractivity contribution in [2.75, 3.05) is 6.54 Å². The zero-order valence-electron chi connectivity index (χ0n) is 15.3. The Morgan fingerprint density at radius 1 is 1.19 bits per heavy atom. The van der Waals surface area contributed by atoms with Gasteiger partial charge < -0.3 is 5.73 Å². The third-order valence-electron chi connectivity index (χ3n) is 3.36. The van der Waals surface area contributed by atoms with E-state index in [4.69, 9.17) is 20.5 Å². The van der Waals surface area contributed by atoms with Gasteiger partial charge in [0.25, 0.3) is 19.2 Å². The normalized spacial score (nSPS) is 17.8. The molecule has 1 aliphatic heterocycles. The molecule has 9 nitrogen and oxygen atoms in total. The van der Waals surface area contributed by atoms with E-state index in [9.17, 15) is 43.2 Å². The van der Waals surface area contributed by atoms with Crippen LogP contribution in [0.25, 0.3) is 0 Å². The topological polar surface area (TPSA) is 164 Å². The predicted molar refractivity (Wildman–Crippen MR) is 99.5 cm³/mol. The Balaban J connectivity index is 0.000000573. The predicted octanol–water partition coefficient (Wildman–Crippen LogP) is 2.43. The third kappa shape index (κ3) is 7.70. The highest BCUT2D eigenvalue weighted by atomic mass is 35.7. The van der Waals surface area contributed by atoms with Gasteiger partial charge >= 0.3 is 12.4 Å². The number of rotatable bonds is 2. The Labute approximate surface area is 182 Å². The SMILES string of the molecule is N#CCN.O=S(=O)(Cl)c1cccnc1.O=S(=O)(O)C1C=NC=CC1(C(F)(F)F)C(F)(F)F. The number of nitrogens with two attached hydrogens (primary N) is 1. The Morgan fingerprint density at radius 3 is 1.94 bits per heavy atom. The molecular formula is C14H13ClF6N4O5S2. The molecule has 1 aromatic heterocycles. The van der Waals surface area contributed by atoms with Crippen LogP contribution in [-0.2, 0) is 19.2 Å². The Kier molecular flexibility index (Phi) is 10.3. The van der Waals surface area contributed by atoms with E-state index in [1.54, 1.807) is 6.07 Å². The van der Waals surface area contributed by atoms with Crippen LogP contribution in [-0.4, -0.2) is 56.7 Å². The second-order valence-corrected chi connectivity index (χ2v) is 9.51. The number of halogens is 7. The van der Waals surface area contributed by atoms with Gasteiger partial charge in [0.05, 0.1) is 12.6 Å². The molecule has 0 amide bonds. The highest BCUT2D eigenvalue weighted by Gasteiger charge is 2.75. The molecule has 2 heterocycles. The van der Waals surface area contributed by atoms with E-state index in [1.165, 1.54) is 24.5 Å². The minimum Gasteiger partial charge on any atom is -0.318 e. The van der Waals surface area contributed by atoms with Crippen LogP contribution in [0.2, 0.25) is 0 Å². The lowest BCUT2D eigenvalue weighted by molar-refractivity contribution is -0.317. The molecule has 1 atom stereocenters. The Bertz CT molecular complexity index is 1050. The number of aliphatic imine (C=N–C) groups is 1. The standard InChI is InChI=1S/C7H5F6NO3S.C5H4ClNO2S.C2H4N2/c8-6(9,10)5(7(11,12)13)1-2-14-3-4(5)18(15,16)17;6-10(8,9)5-2-1-3-7-4-5;3-1-2-4/h1-4H,(H,15,16,17);1-4H;1,3H2. The quantitative estimate of drug-likeness (QED) is 0.255. The maximum Gasteiger partial charge on any atom is 0.408 e. The molecular weight excluding hydrogens is 518 g/mol. The summed E-state index contributed by atoms with van der Waals surface area (Å²) in [6.45, 7) is 0.125. The van der Waals surface area contributed by atoms with Gasteiger partial charge in [0.1, 0.15) is 10.1 Å². The van der Waals surface area contributed by atoms with Gasteiger partial charge in [0.2, 0.25) is 5.41 Å². The van der Waals surface area contributed by atoms with Crippen molar-refractivity contribution in [1.29, 1.82) is 5.26 Å². The van der Waals surface area contributed by atoms with E-state index in [-0.39, 0.29) is 23.9 Å². The second kappa shape index (κ2) is 11.0. The lowest BCUT2D eigenvalue weighted by Gasteiger charge is -2.38. The van der Waals surface area contributed by atoms with E-state index < -0.39 is 48.3 Å². The summed E-state index contributed by atoms with van der Waals surface area (Å²) in [6, 6.07) is 4.60. The molecule has 1 aliphatic rings. The maximum absolute atomic E-state index is 12.7. The number of alkyl halides is 6.